The minimum Gasteiger partial charge on any atom is -0.507 e. The number of likely N-dealkylation sites (tertiary alicyclic amines) is 4. The van der Waals surface area contributed by atoms with Crippen molar-refractivity contribution in [2.75, 3.05) is 52.4 Å². The summed E-state index contributed by atoms with van der Waals surface area (Å²) in [6, 6.07) is 13.5. The lowest BCUT2D eigenvalue weighted by Gasteiger charge is -2.61. The van der Waals surface area contributed by atoms with Crippen LogP contribution in [-0.2, 0) is 22.6 Å². The molecule has 7 heterocycles. The van der Waals surface area contributed by atoms with Crippen LogP contribution in [-0.4, -0.2) is 156 Å². The average molecular weight is 943 g/mol. The predicted molar refractivity (Wildman–Crippen MR) is 260 cm³/mol. The van der Waals surface area contributed by atoms with Crippen molar-refractivity contribution in [3.63, 3.8) is 0 Å². The Hall–Kier alpha value is -5.60. The van der Waals surface area contributed by atoms with E-state index in [1.54, 1.807) is 17.0 Å². The number of hydrogen-bond donors (Lipinski definition) is 5. The van der Waals surface area contributed by atoms with Crippen LogP contribution in [0.1, 0.15) is 101 Å². The number of halogens is 1. The molecule has 5 N–H and O–H groups in total. The van der Waals surface area contributed by atoms with E-state index >= 15 is 0 Å². The number of nitrogens with one attached hydrogen (secondary N) is 3. The summed E-state index contributed by atoms with van der Waals surface area (Å²) < 4.78 is 14.6. The SMILES string of the molecule is C#Cc1ccc(CNC(=O)[C@@H]2C[C@@H](O)CN2C(=O)[C@@H](NC(=O)N2CC3(CC(N4CCC(N5CCC(N6CCc7[nH]c8nnc(-c9ccccc9O)cc8c7[C@@H]6C)CC5)CC4)C3)C2)C(C)(C)C)c(F)c1. The van der Waals surface area contributed by atoms with Gasteiger partial charge in [-0.25, -0.2) is 9.18 Å². The van der Waals surface area contributed by atoms with E-state index in [1.807, 2.05) is 39.0 Å². The Morgan fingerprint density at radius 2 is 1.65 bits per heavy atom. The van der Waals surface area contributed by atoms with Crippen LogP contribution in [0.25, 0.3) is 22.3 Å². The highest BCUT2D eigenvalue weighted by Crippen LogP contribution is 2.51. The number of phenols is 1. The van der Waals surface area contributed by atoms with Crippen LogP contribution < -0.4 is 10.6 Å². The van der Waals surface area contributed by atoms with Crippen LogP contribution in [0.5, 0.6) is 5.75 Å². The highest BCUT2D eigenvalue weighted by molar-refractivity contribution is 5.93. The molecule has 4 saturated heterocycles. The van der Waals surface area contributed by atoms with Crippen LogP contribution >= 0.6 is 0 Å². The first kappa shape index (κ1) is 47.1. The normalized spacial score (nSPS) is 24.4. The van der Waals surface area contributed by atoms with Crippen LogP contribution in [0.4, 0.5) is 9.18 Å². The average Bonchev–Trinajstić information content (AvgIpc) is 3.90. The molecule has 4 amide bonds. The molecule has 1 spiro atoms. The van der Waals surface area contributed by atoms with Gasteiger partial charge in [0.05, 0.1) is 11.8 Å². The van der Waals surface area contributed by atoms with Gasteiger partial charge in [0.1, 0.15) is 23.7 Å². The van der Waals surface area contributed by atoms with Gasteiger partial charge in [-0.15, -0.1) is 16.6 Å². The number of aliphatic hydroxyl groups is 1. The Labute approximate surface area is 404 Å². The third kappa shape index (κ3) is 9.19. The second-order valence-corrected chi connectivity index (χ2v) is 22.0. The number of carbonyl (C=O) groups is 3. The number of aromatic nitrogens is 3. The maximum absolute atomic E-state index is 14.6. The molecular formula is C53H67FN10O5. The van der Waals surface area contributed by atoms with Gasteiger partial charge in [-0.3, -0.25) is 14.5 Å². The Balaban J connectivity index is 0.668. The van der Waals surface area contributed by atoms with Crippen molar-refractivity contribution >= 4 is 28.9 Å². The lowest BCUT2D eigenvalue weighted by Crippen LogP contribution is -2.70. The number of terminal acetylenes is 1. The van der Waals surface area contributed by atoms with E-state index in [-0.39, 0.29) is 48.3 Å². The monoisotopic (exact) mass is 943 g/mol. The van der Waals surface area contributed by atoms with Gasteiger partial charge in [0, 0.05) is 103 Å². The summed E-state index contributed by atoms with van der Waals surface area (Å²) in [6.07, 6.45) is 12.3. The van der Waals surface area contributed by atoms with E-state index < -0.39 is 41.2 Å². The lowest BCUT2D eigenvalue weighted by atomic mass is 9.60. The first-order valence-electron chi connectivity index (χ1n) is 25.0. The molecule has 0 unspecified atom stereocenters. The van der Waals surface area contributed by atoms with Gasteiger partial charge in [-0.2, -0.15) is 0 Å². The molecule has 0 radical (unpaired) electrons. The molecule has 5 fully saturated rings. The van der Waals surface area contributed by atoms with E-state index in [0.29, 0.717) is 48.0 Å². The van der Waals surface area contributed by atoms with Gasteiger partial charge in [-0.1, -0.05) is 44.9 Å². The van der Waals surface area contributed by atoms with Crippen LogP contribution in [0.2, 0.25) is 0 Å². The third-order valence-electron chi connectivity index (χ3n) is 16.5. The second-order valence-electron chi connectivity index (χ2n) is 22.0. The lowest BCUT2D eigenvalue weighted by molar-refractivity contribution is -0.142. The zero-order valence-electron chi connectivity index (χ0n) is 40.4. The molecule has 16 heteroatoms. The van der Waals surface area contributed by atoms with Crippen LogP contribution in [0.15, 0.2) is 48.5 Å². The number of aromatic amines is 1. The topological polar surface area (TPSA) is 173 Å². The number of carbonyl (C=O) groups excluding carboxylic acids is 3. The van der Waals surface area contributed by atoms with E-state index in [2.05, 4.69) is 59.4 Å². The van der Waals surface area contributed by atoms with Gasteiger partial charge < -0.3 is 45.4 Å². The molecule has 1 aliphatic carbocycles. The molecule has 2 aromatic carbocycles. The fourth-order valence-corrected chi connectivity index (χ4v) is 12.6. The van der Waals surface area contributed by atoms with Crippen LogP contribution in [0.3, 0.4) is 0 Å². The van der Waals surface area contributed by atoms with E-state index in [0.717, 1.165) is 75.9 Å². The number of aliphatic hydroxyl groups excluding tert-OH is 1. The quantitative estimate of drug-likeness (QED) is 0.141. The number of piperidine rings is 2. The minimum atomic E-state index is -0.964. The Morgan fingerprint density at radius 1 is 0.957 bits per heavy atom. The maximum Gasteiger partial charge on any atom is 0.318 e. The van der Waals surface area contributed by atoms with Crippen molar-refractivity contribution in [3.8, 4) is 29.4 Å². The molecule has 10 rings (SSSR count). The molecule has 4 atom stereocenters. The summed E-state index contributed by atoms with van der Waals surface area (Å²) in [7, 11) is 0. The predicted octanol–water partition coefficient (Wildman–Crippen LogP) is 5.17. The van der Waals surface area contributed by atoms with Crippen molar-refractivity contribution < 1.29 is 29.0 Å². The van der Waals surface area contributed by atoms with Gasteiger partial charge in [0.15, 0.2) is 5.65 Å². The zero-order chi connectivity index (χ0) is 48.4. The molecular weight excluding hydrogens is 876 g/mol. The first-order valence-corrected chi connectivity index (χ1v) is 25.0. The number of phenolic OH excluding ortho intramolecular Hbond substituents is 1. The van der Waals surface area contributed by atoms with E-state index in [4.69, 9.17) is 6.42 Å². The van der Waals surface area contributed by atoms with E-state index in [9.17, 15) is 29.0 Å². The number of rotatable bonds is 9. The number of H-pyrrole nitrogens is 1. The number of β-amino-alcohol motifs (C(OH)–C–C–N with tert-alkyl or cyclic N) is 1. The number of nitrogens with zero attached hydrogens (tertiary/aromatic N) is 7. The molecule has 6 aliphatic rings. The first-order chi connectivity index (χ1) is 33.1. The van der Waals surface area contributed by atoms with Gasteiger partial charge in [0.2, 0.25) is 11.8 Å². The number of aromatic hydroxyl groups is 1. The Kier molecular flexibility index (Phi) is 12.7. The summed E-state index contributed by atoms with van der Waals surface area (Å²) in [5, 5.41) is 36.9. The van der Waals surface area contributed by atoms with Crippen molar-refractivity contribution in [3.05, 3.63) is 76.7 Å². The molecule has 69 heavy (non-hydrogen) atoms. The van der Waals surface area contributed by atoms with Crippen molar-refractivity contribution in [2.24, 2.45) is 10.8 Å². The van der Waals surface area contributed by atoms with Crippen molar-refractivity contribution in [2.45, 2.75) is 128 Å². The van der Waals surface area contributed by atoms with Crippen molar-refractivity contribution in [1.82, 2.24) is 50.3 Å². The second kappa shape index (κ2) is 18.6. The zero-order valence-corrected chi connectivity index (χ0v) is 40.4. The summed E-state index contributed by atoms with van der Waals surface area (Å²) in [5.41, 5.74) is 4.84. The highest BCUT2D eigenvalue weighted by Gasteiger charge is 2.56. The fourth-order valence-electron chi connectivity index (χ4n) is 12.6. The molecule has 2 aromatic heterocycles. The van der Waals surface area contributed by atoms with Gasteiger partial charge in [-0.05, 0) is 113 Å². The summed E-state index contributed by atoms with van der Waals surface area (Å²) in [6.45, 7) is 14.6. The summed E-state index contributed by atoms with van der Waals surface area (Å²) in [5.74, 6) is 1.13. The molecule has 0 bridgehead atoms. The Morgan fingerprint density at radius 3 is 2.33 bits per heavy atom. The van der Waals surface area contributed by atoms with Crippen molar-refractivity contribution in [1.29, 1.82) is 0 Å². The minimum absolute atomic E-state index is 0.0387. The number of hydrogen-bond acceptors (Lipinski definition) is 10. The van der Waals surface area contributed by atoms with Gasteiger partial charge >= 0.3 is 6.03 Å². The molecule has 366 valence electrons. The van der Waals surface area contributed by atoms with Crippen LogP contribution in [0, 0.1) is 29.0 Å². The van der Waals surface area contributed by atoms with E-state index in [1.165, 1.54) is 41.1 Å². The molecule has 5 aliphatic heterocycles. The number of benzene rings is 2. The summed E-state index contributed by atoms with van der Waals surface area (Å²) in [4.78, 5) is 56.1. The summed E-state index contributed by atoms with van der Waals surface area (Å²) >= 11 is 0. The standard InChI is InChI=1S/C53H67FN10O5/c1-6-33-11-12-34(41(54)23-33)28-55-49(67)44-24-38(65)29-64(44)50(68)47(52(3,4)5)57-51(69)62-30-53(31-62)26-37(27-53)61-18-13-35(14-19-61)60-20-15-36(16-21-60)63-22-17-42-46(32(63)2)40-25-43(58-59-48(40)56-42)39-9-7-8-10-45(39)66/h1,7-12,23,25,32,35-38,44,47,65-66H,13-22,24,26-31H2,2-5H3,(H,55,67)(H,56,59)(H,57,69)/t32-,38+,44-,47+/m0/s1. The third-order valence-corrected chi connectivity index (χ3v) is 16.5. The fraction of sp³-hybridized carbons (Fsp3) is 0.566. The number of urea groups is 1. The Bertz CT molecular complexity index is 2630. The van der Waals surface area contributed by atoms with Gasteiger partial charge in [0.25, 0.3) is 0 Å². The smallest absolute Gasteiger partial charge is 0.318 e. The number of para-hydroxylation sites is 1. The molecule has 1 saturated carbocycles. The number of amides is 4. The largest absolute Gasteiger partial charge is 0.507 e. The molecule has 4 aromatic rings. The highest BCUT2D eigenvalue weighted by atomic mass is 19.1. The number of fused-ring (bicyclic) bond motifs is 3. The molecule has 15 nitrogen and oxygen atoms in total. The maximum atomic E-state index is 14.6.